The lowest BCUT2D eigenvalue weighted by Crippen LogP contribution is -2.08. The van der Waals surface area contributed by atoms with Gasteiger partial charge in [-0.1, -0.05) is 40.2 Å². The summed E-state index contributed by atoms with van der Waals surface area (Å²) in [6, 6.07) is 13.6. The van der Waals surface area contributed by atoms with E-state index in [-0.39, 0.29) is 11.4 Å². The lowest BCUT2D eigenvalue weighted by molar-refractivity contribution is -0.140. The molecular formula is C17H13BrF3N3. The van der Waals surface area contributed by atoms with Crippen LogP contribution in [0, 0.1) is 6.92 Å². The summed E-state index contributed by atoms with van der Waals surface area (Å²) in [5.74, 6) is -0.0500. The first-order valence-corrected chi connectivity index (χ1v) is 7.85. The van der Waals surface area contributed by atoms with Crippen LogP contribution in [-0.4, -0.2) is 9.78 Å². The van der Waals surface area contributed by atoms with Crippen LogP contribution < -0.4 is 5.73 Å². The number of aryl methyl sites for hydroxylation is 1. The van der Waals surface area contributed by atoms with Crippen molar-refractivity contribution in [3.8, 4) is 16.8 Å². The summed E-state index contributed by atoms with van der Waals surface area (Å²) in [6.45, 7) is 1.85. The molecule has 0 aliphatic heterocycles. The molecule has 0 aliphatic rings. The SMILES string of the molecule is Cc1cccc(-n2nc(C(F)(F)F)c(-c3cccc(Br)c3)c2N)c1. The van der Waals surface area contributed by atoms with E-state index < -0.39 is 11.9 Å². The summed E-state index contributed by atoms with van der Waals surface area (Å²) in [6.07, 6.45) is -4.61. The van der Waals surface area contributed by atoms with Gasteiger partial charge in [-0.3, -0.25) is 0 Å². The highest BCUT2D eigenvalue weighted by molar-refractivity contribution is 9.10. The molecule has 3 nitrogen and oxygen atoms in total. The van der Waals surface area contributed by atoms with Crippen LogP contribution in [0.1, 0.15) is 11.3 Å². The van der Waals surface area contributed by atoms with Gasteiger partial charge in [0.25, 0.3) is 0 Å². The third kappa shape index (κ3) is 3.03. The molecule has 3 rings (SSSR count). The summed E-state index contributed by atoms with van der Waals surface area (Å²) < 4.78 is 42.2. The fraction of sp³-hybridized carbons (Fsp3) is 0.118. The molecule has 0 atom stereocenters. The first-order valence-electron chi connectivity index (χ1n) is 7.06. The number of nitrogens with zero attached hydrogens (tertiary/aromatic N) is 2. The Hall–Kier alpha value is -2.28. The number of anilines is 1. The van der Waals surface area contributed by atoms with Crippen LogP contribution in [0.5, 0.6) is 0 Å². The van der Waals surface area contributed by atoms with E-state index in [2.05, 4.69) is 21.0 Å². The van der Waals surface area contributed by atoms with Gasteiger partial charge in [0, 0.05) is 4.47 Å². The largest absolute Gasteiger partial charge is 0.435 e. The Morgan fingerprint density at radius 2 is 1.79 bits per heavy atom. The molecule has 0 fully saturated rings. The molecule has 2 aromatic carbocycles. The minimum Gasteiger partial charge on any atom is -0.383 e. The lowest BCUT2D eigenvalue weighted by Gasteiger charge is -2.07. The van der Waals surface area contributed by atoms with E-state index in [1.54, 1.807) is 42.5 Å². The highest BCUT2D eigenvalue weighted by Gasteiger charge is 2.39. The van der Waals surface area contributed by atoms with Crippen molar-refractivity contribution in [2.45, 2.75) is 13.1 Å². The zero-order valence-corrected chi connectivity index (χ0v) is 14.2. The van der Waals surface area contributed by atoms with E-state index in [9.17, 15) is 13.2 Å². The maximum atomic E-state index is 13.5. The van der Waals surface area contributed by atoms with Crippen LogP contribution in [0.15, 0.2) is 53.0 Å². The van der Waals surface area contributed by atoms with Crippen molar-refractivity contribution in [2.24, 2.45) is 0 Å². The summed E-state index contributed by atoms with van der Waals surface area (Å²) in [4.78, 5) is 0. The molecule has 3 aromatic rings. The van der Waals surface area contributed by atoms with E-state index in [0.29, 0.717) is 15.7 Å². The third-order valence-corrected chi connectivity index (χ3v) is 4.04. The van der Waals surface area contributed by atoms with E-state index >= 15 is 0 Å². The Balaban J connectivity index is 2.28. The molecule has 0 aliphatic carbocycles. The summed E-state index contributed by atoms with van der Waals surface area (Å²) >= 11 is 3.27. The van der Waals surface area contributed by atoms with Gasteiger partial charge in [0.1, 0.15) is 5.82 Å². The molecule has 0 amide bonds. The fourth-order valence-electron chi connectivity index (χ4n) is 2.51. The van der Waals surface area contributed by atoms with Gasteiger partial charge in [0.15, 0.2) is 5.69 Å². The van der Waals surface area contributed by atoms with E-state index in [1.807, 2.05) is 13.0 Å². The van der Waals surface area contributed by atoms with Crippen molar-refractivity contribution in [1.29, 1.82) is 0 Å². The molecule has 2 N–H and O–H groups in total. The molecule has 0 unspecified atom stereocenters. The predicted molar refractivity (Wildman–Crippen MR) is 90.9 cm³/mol. The fourth-order valence-corrected chi connectivity index (χ4v) is 2.91. The average molecular weight is 396 g/mol. The van der Waals surface area contributed by atoms with Crippen molar-refractivity contribution in [3.63, 3.8) is 0 Å². The maximum Gasteiger partial charge on any atom is 0.435 e. The average Bonchev–Trinajstić information content (AvgIpc) is 2.85. The smallest absolute Gasteiger partial charge is 0.383 e. The van der Waals surface area contributed by atoms with Crippen LogP contribution in [0.25, 0.3) is 16.8 Å². The number of hydrogen-bond donors (Lipinski definition) is 1. The minimum absolute atomic E-state index is 0.0500. The first-order chi connectivity index (χ1) is 11.3. The van der Waals surface area contributed by atoms with Crippen molar-refractivity contribution in [3.05, 3.63) is 64.3 Å². The number of halogens is 4. The second-order valence-corrected chi connectivity index (χ2v) is 6.28. The number of nitrogen functional groups attached to an aromatic ring is 1. The van der Waals surface area contributed by atoms with Crippen LogP contribution in [0.4, 0.5) is 19.0 Å². The Morgan fingerprint density at radius 1 is 1.08 bits per heavy atom. The molecule has 124 valence electrons. The standard InChI is InChI=1S/C17H13BrF3N3/c1-10-4-2-7-13(8-10)24-16(22)14(15(23-24)17(19,20)21)11-5-3-6-12(18)9-11/h2-9H,22H2,1H3. The van der Waals surface area contributed by atoms with Crippen molar-refractivity contribution < 1.29 is 13.2 Å². The molecule has 24 heavy (non-hydrogen) atoms. The molecule has 0 saturated carbocycles. The van der Waals surface area contributed by atoms with Gasteiger partial charge in [-0.15, -0.1) is 0 Å². The van der Waals surface area contributed by atoms with Gasteiger partial charge >= 0.3 is 6.18 Å². The summed E-state index contributed by atoms with van der Waals surface area (Å²) in [5.41, 5.74) is 6.67. The Kier molecular flexibility index (Phi) is 4.13. The molecule has 0 spiro atoms. The lowest BCUT2D eigenvalue weighted by atomic mass is 10.1. The quantitative estimate of drug-likeness (QED) is 0.646. The van der Waals surface area contributed by atoms with Gasteiger partial charge in [-0.25, -0.2) is 4.68 Å². The Bertz CT molecular complexity index is 900. The van der Waals surface area contributed by atoms with Crippen molar-refractivity contribution in [1.82, 2.24) is 9.78 Å². The zero-order valence-electron chi connectivity index (χ0n) is 12.6. The van der Waals surface area contributed by atoms with Gasteiger partial charge in [0.2, 0.25) is 0 Å². The van der Waals surface area contributed by atoms with Crippen molar-refractivity contribution in [2.75, 3.05) is 5.73 Å². The van der Waals surface area contributed by atoms with Gasteiger partial charge in [0.05, 0.1) is 11.3 Å². The topological polar surface area (TPSA) is 43.8 Å². The number of alkyl halides is 3. The zero-order chi connectivity index (χ0) is 17.5. The number of nitrogens with two attached hydrogens (primary N) is 1. The number of hydrogen-bond acceptors (Lipinski definition) is 2. The Labute approximate surface area is 145 Å². The molecule has 0 bridgehead atoms. The highest BCUT2D eigenvalue weighted by Crippen LogP contribution is 2.41. The van der Waals surface area contributed by atoms with E-state index in [0.717, 1.165) is 10.2 Å². The minimum atomic E-state index is -4.61. The molecular weight excluding hydrogens is 383 g/mol. The van der Waals surface area contributed by atoms with Gasteiger partial charge < -0.3 is 5.73 Å². The molecule has 0 radical (unpaired) electrons. The van der Waals surface area contributed by atoms with Crippen LogP contribution in [0.3, 0.4) is 0 Å². The van der Waals surface area contributed by atoms with Gasteiger partial charge in [-0.2, -0.15) is 18.3 Å². The second kappa shape index (κ2) is 5.98. The highest BCUT2D eigenvalue weighted by atomic mass is 79.9. The Morgan fingerprint density at radius 3 is 2.42 bits per heavy atom. The number of rotatable bonds is 2. The van der Waals surface area contributed by atoms with Gasteiger partial charge in [-0.05, 0) is 42.3 Å². The molecule has 0 saturated heterocycles. The van der Waals surface area contributed by atoms with Crippen LogP contribution >= 0.6 is 15.9 Å². The number of aromatic nitrogens is 2. The monoisotopic (exact) mass is 395 g/mol. The summed E-state index contributed by atoms with van der Waals surface area (Å²) in [5, 5.41) is 3.75. The normalized spacial score (nSPS) is 11.7. The predicted octanol–water partition coefficient (Wildman–Crippen LogP) is 5.21. The first kappa shape index (κ1) is 16.6. The van der Waals surface area contributed by atoms with E-state index in [4.69, 9.17) is 5.73 Å². The maximum absolute atomic E-state index is 13.5. The van der Waals surface area contributed by atoms with Crippen molar-refractivity contribution >= 4 is 21.7 Å². The second-order valence-electron chi connectivity index (χ2n) is 5.37. The summed E-state index contributed by atoms with van der Waals surface area (Å²) in [7, 11) is 0. The number of benzene rings is 2. The van der Waals surface area contributed by atoms with Crippen LogP contribution in [0.2, 0.25) is 0 Å². The molecule has 7 heteroatoms. The van der Waals surface area contributed by atoms with E-state index in [1.165, 1.54) is 0 Å². The van der Waals surface area contributed by atoms with Crippen LogP contribution in [-0.2, 0) is 6.18 Å². The third-order valence-electron chi connectivity index (χ3n) is 3.55. The molecule has 1 aromatic heterocycles. The molecule has 1 heterocycles.